The van der Waals surface area contributed by atoms with Crippen molar-refractivity contribution in [2.75, 3.05) is 20.2 Å². The molecule has 1 aliphatic heterocycles. The van der Waals surface area contributed by atoms with Gasteiger partial charge in [0.1, 0.15) is 6.10 Å². The summed E-state index contributed by atoms with van der Waals surface area (Å²) in [5, 5.41) is 6.55. The number of nitrogens with one attached hydrogen (secondary N) is 1. The van der Waals surface area contributed by atoms with E-state index in [1.54, 1.807) is 19.1 Å². The average molecular weight is 437 g/mol. The number of amides is 2. The third kappa shape index (κ3) is 5.51. The normalized spacial score (nSPS) is 15.8. The molecule has 2 unspecified atom stereocenters. The first kappa shape index (κ1) is 23.0. The molecule has 2 atom stereocenters. The first-order valence-electron chi connectivity index (χ1n) is 10.5. The third-order valence-electron chi connectivity index (χ3n) is 5.06. The highest BCUT2D eigenvalue weighted by molar-refractivity contribution is 6.08. The summed E-state index contributed by atoms with van der Waals surface area (Å²) in [4.78, 5) is 44.6. The van der Waals surface area contributed by atoms with Gasteiger partial charge in [-0.1, -0.05) is 47.6 Å². The van der Waals surface area contributed by atoms with Gasteiger partial charge in [-0.25, -0.2) is 4.79 Å². The summed E-state index contributed by atoms with van der Waals surface area (Å²) in [6.45, 7) is 3.74. The highest BCUT2D eigenvalue weighted by atomic mass is 16.6. The fraction of sp³-hybridized carbons (Fsp3) is 0.333. The molecule has 2 aromatic rings. The molecule has 0 fully saturated rings. The van der Waals surface area contributed by atoms with E-state index < -0.39 is 23.8 Å². The van der Waals surface area contributed by atoms with Crippen LogP contribution in [-0.2, 0) is 19.2 Å². The van der Waals surface area contributed by atoms with E-state index in [1.165, 1.54) is 7.05 Å². The lowest BCUT2D eigenvalue weighted by molar-refractivity contribution is -0.152. The summed E-state index contributed by atoms with van der Waals surface area (Å²) >= 11 is 0. The van der Waals surface area contributed by atoms with Crippen molar-refractivity contribution < 1.29 is 24.0 Å². The molecule has 0 bridgehead atoms. The number of rotatable bonds is 8. The number of carbonyl (C=O) groups excluding carboxylic acids is 3. The highest BCUT2D eigenvalue weighted by Crippen LogP contribution is 2.20. The molecule has 0 aliphatic carbocycles. The largest absolute Gasteiger partial charge is 0.464 e. The average Bonchev–Trinajstić information content (AvgIpc) is 3.23. The van der Waals surface area contributed by atoms with Gasteiger partial charge < -0.3 is 19.8 Å². The van der Waals surface area contributed by atoms with E-state index in [4.69, 9.17) is 9.57 Å². The summed E-state index contributed by atoms with van der Waals surface area (Å²) in [5.41, 5.74) is 3.01. The van der Waals surface area contributed by atoms with Crippen LogP contribution in [0.3, 0.4) is 0 Å². The van der Waals surface area contributed by atoms with Crippen molar-refractivity contribution in [1.29, 1.82) is 0 Å². The molecule has 2 amide bonds. The van der Waals surface area contributed by atoms with E-state index in [9.17, 15) is 14.4 Å². The Morgan fingerprint density at radius 3 is 2.38 bits per heavy atom. The fourth-order valence-electron chi connectivity index (χ4n) is 3.38. The molecular formula is C24H27N3O5. The first-order valence-corrected chi connectivity index (χ1v) is 10.5. The number of likely N-dealkylation sites (N-methyl/N-ethyl adjacent to an activating group) is 1. The van der Waals surface area contributed by atoms with Gasteiger partial charge in [0.25, 0.3) is 11.8 Å². The second kappa shape index (κ2) is 10.6. The molecule has 1 aliphatic rings. The number of hydrogen-bond donors (Lipinski definition) is 1. The lowest BCUT2D eigenvalue weighted by Crippen LogP contribution is -2.53. The van der Waals surface area contributed by atoms with E-state index in [-0.39, 0.29) is 19.3 Å². The van der Waals surface area contributed by atoms with E-state index in [0.717, 1.165) is 16.0 Å². The standard InChI is InChI=1S/C24H27N3O5/c1-4-31-24(30)21(22(28)25-15-20-14-16(2)32-26-20)27(3)23(29)19-12-10-18(11-13-19)17-8-6-5-7-9-17/h5-13,16,21H,4,14-15H2,1-3H3,(H,25,28). The predicted molar refractivity (Wildman–Crippen MR) is 120 cm³/mol. The van der Waals surface area contributed by atoms with Gasteiger partial charge in [0.05, 0.1) is 18.9 Å². The Bertz CT molecular complexity index is 988. The molecule has 0 radical (unpaired) electrons. The van der Waals surface area contributed by atoms with Gasteiger partial charge in [-0.3, -0.25) is 9.59 Å². The Morgan fingerprint density at radius 1 is 1.12 bits per heavy atom. The zero-order valence-electron chi connectivity index (χ0n) is 18.4. The van der Waals surface area contributed by atoms with Gasteiger partial charge in [0.2, 0.25) is 6.04 Å². The van der Waals surface area contributed by atoms with Crippen molar-refractivity contribution in [2.45, 2.75) is 32.4 Å². The molecule has 0 saturated carbocycles. The minimum Gasteiger partial charge on any atom is -0.464 e. The highest BCUT2D eigenvalue weighted by Gasteiger charge is 2.35. The molecule has 8 nitrogen and oxygen atoms in total. The minimum atomic E-state index is -1.42. The summed E-state index contributed by atoms with van der Waals surface area (Å²) in [6.07, 6.45) is 0.540. The van der Waals surface area contributed by atoms with Crippen LogP contribution in [0.5, 0.6) is 0 Å². The van der Waals surface area contributed by atoms with Crippen molar-refractivity contribution in [3.05, 3.63) is 60.2 Å². The van der Waals surface area contributed by atoms with Crippen molar-refractivity contribution in [3.8, 4) is 11.1 Å². The maximum atomic E-state index is 13.0. The summed E-state index contributed by atoms with van der Waals surface area (Å²) in [6, 6.07) is 15.4. The Balaban J connectivity index is 1.73. The molecule has 1 heterocycles. The second-order valence-electron chi connectivity index (χ2n) is 7.51. The molecule has 8 heteroatoms. The molecule has 1 N–H and O–H groups in total. The second-order valence-corrected chi connectivity index (χ2v) is 7.51. The number of hydrogen-bond acceptors (Lipinski definition) is 6. The maximum absolute atomic E-state index is 13.0. The van der Waals surface area contributed by atoms with Gasteiger partial charge in [0, 0.05) is 19.0 Å². The minimum absolute atomic E-state index is 0.0501. The van der Waals surface area contributed by atoms with E-state index in [2.05, 4.69) is 10.5 Å². The van der Waals surface area contributed by atoms with Crippen LogP contribution in [0.4, 0.5) is 0 Å². The van der Waals surface area contributed by atoms with Crippen LogP contribution in [0.25, 0.3) is 11.1 Å². The smallest absolute Gasteiger partial charge is 0.338 e. The van der Waals surface area contributed by atoms with Crippen LogP contribution >= 0.6 is 0 Å². The quantitative estimate of drug-likeness (QED) is 0.506. The number of esters is 1. The Hall–Kier alpha value is -3.68. The molecule has 0 aromatic heterocycles. The monoisotopic (exact) mass is 437 g/mol. The van der Waals surface area contributed by atoms with Crippen LogP contribution in [0.2, 0.25) is 0 Å². The Labute approximate surface area is 187 Å². The zero-order valence-corrected chi connectivity index (χ0v) is 18.4. The Morgan fingerprint density at radius 2 is 1.78 bits per heavy atom. The van der Waals surface area contributed by atoms with Crippen molar-refractivity contribution in [3.63, 3.8) is 0 Å². The lowest BCUT2D eigenvalue weighted by Gasteiger charge is -2.25. The number of oxime groups is 1. The summed E-state index contributed by atoms with van der Waals surface area (Å²) in [5.74, 6) is -1.89. The lowest BCUT2D eigenvalue weighted by atomic mass is 10.0. The van der Waals surface area contributed by atoms with Gasteiger partial charge >= 0.3 is 5.97 Å². The van der Waals surface area contributed by atoms with Gasteiger partial charge in [-0.2, -0.15) is 0 Å². The molecule has 3 rings (SSSR count). The molecule has 2 aromatic carbocycles. The van der Waals surface area contributed by atoms with Crippen LogP contribution in [0.15, 0.2) is 59.8 Å². The van der Waals surface area contributed by atoms with Crippen LogP contribution in [-0.4, -0.2) is 60.7 Å². The number of carbonyl (C=O) groups is 3. The third-order valence-corrected chi connectivity index (χ3v) is 5.06. The molecular weight excluding hydrogens is 410 g/mol. The molecule has 0 spiro atoms. The molecule has 32 heavy (non-hydrogen) atoms. The van der Waals surface area contributed by atoms with Crippen molar-refractivity contribution in [2.24, 2.45) is 5.16 Å². The van der Waals surface area contributed by atoms with E-state index in [1.807, 2.05) is 49.4 Å². The number of ether oxygens (including phenoxy) is 1. The van der Waals surface area contributed by atoms with Crippen molar-refractivity contribution >= 4 is 23.5 Å². The zero-order chi connectivity index (χ0) is 23.1. The summed E-state index contributed by atoms with van der Waals surface area (Å²) < 4.78 is 5.05. The van der Waals surface area contributed by atoms with Gasteiger partial charge in [-0.05, 0) is 37.1 Å². The molecule has 168 valence electrons. The van der Waals surface area contributed by atoms with Crippen LogP contribution < -0.4 is 5.32 Å². The number of benzene rings is 2. The molecule has 0 saturated heterocycles. The maximum Gasteiger partial charge on any atom is 0.338 e. The summed E-state index contributed by atoms with van der Waals surface area (Å²) in [7, 11) is 1.41. The topological polar surface area (TPSA) is 97.3 Å². The number of nitrogens with zero attached hydrogens (tertiary/aromatic N) is 2. The Kier molecular flexibility index (Phi) is 7.59. The van der Waals surface area contributed by atoms with Gasteiger partial charge in [-0.15, -0.1) is 0 Å². The van der Waals surface area contributed by atoms with E-state index >= 15 is 0 Å². The van der Waals surface area contributed by atoms with Crippen LogP contribution in [0, 0.1) is 0 Å². The van der Waals surface area contributed by atoms with E-state index in [0.29, 0.717) is 17.7 Å². The van der Waals surface area contributed by atoms with Gasteiger partial charge in [0.15, 0.2) is 0 Å². The SMILES string of the molecule is CCOC(=O)C(C(=O)NCC1=NOC(C)C1)N(C)C(=O)c1ccc(-c2ccccc2)cc1. The first-order chi connectivity index (χ1) is 15.4. The van der Waals surface area contributed by atoms with Crippen molar-refractivity contribution in [1.82, 2.24) is 10.2 Å². The predicted octanol–water partition coefficient (Wildman–Crippen LogP) is 2.64. The van der Waals surface area contributed by atoms with Crippen LogP contribution in [0.1, 0.15) is 30.6 Å². The fourth-order valence-corrected chi connectivity index (χ4v) is 3.38.